The van der Waals surface area contributed by atoms with Gasteiger partial charge in [0.2, 0.25) is 5.91 Å². The maximum Gasteiger partial charge on any atom is 0.421 e. The van der Waals surface area contributed by atoms with E-state index in [0.29, 0.717) is 5.33 Å². The summed E-state index contributed by atoms with van der Waals surface area (Å²) in [5, 5.41) is 0.520. The molecule has 1 heterocycles. The molecule has 1 aliphatic rings. The van der Waals surface area contributed by atoms with E-state index in [1.807, 2.05) is 0 Å². The molecule has 0 bridgehead atoms. The van der Waals surface area contributed by atoms with Gasteiger partial charge in [0.25, 0.3) is 0 Å². The van der Waals surface area contributed by atoms with Gasteiger partial charge in [-0.05, 0) is 18.1 Å². The van der Waals surface area contributed by atoms with Crippen molar-refractivity contribution in [2.75, 3.05) is 16.8 Å². The van der Waals surface area contributed by atoms with Gasteiger partial charge in [0.05, 0.1) is 5.69 Å². The Hall–Kier alpha value is -1.11. The Balaban J connectivity index is 2.46. The molecule has 0 spiro atoms. The Morgan fingerprint density at radius 2 is 2.05 bits per heavy atom. The van der Waals surface area contributed by atoms with Gasteiger partial charge in [0.1, 0.15) is 11.4 Å². The summed E-state index contributed by atoms with van der Waals surface area (Å²) in [7, 11) is 0. The average Bonchev–Trinajstić information content (AvgIpc) is 2.68. The zero-order valence-corrected chi connectivity index (χ0v) is 11.3. The molecule has 0 aromatic heterocycles. The number of benzene rings is 1. The SMILES string of the molecule is O=C1CC(CBr)CN1c1cccc(F)c1C(F)(F)F. The van der Waals surface area contributed by atoms with Crippen molar-refractivity contribution in [3.63, 3.8) is 0 Å². The van der Waals surface area contributed by atoms with Crippen LogP contribution in [0.2, 0.25) is 0 Å². The lowest BCUT2D eigenvalue weighted by Crippen LogP contribution is -2.28. The van der Waals surface area contributed by atoms with E-state index in [4.69, 9.17) is 0 Å². The largest absolute Gasteiger partial charge is 0.421 e. The first-order chi connectivity index (χ1) is 8.84. The summed E-state index contributed by atoms with van der Waals surface area (Å²) in [5.74, 6) is -1.84. The molecule has 1 atom stereocenters. The highest BCUT2D eigenvalue weighted by atomic mass is 79.9. The number of anilines is 1. The van der Waals surface area contributed by atoms with Crippen LogP contribution in [-0.2, 0) is 11.0 Å². The Kier molecular flexibility index (Phi) is 3.85. The van der Waals surface area contributed by atoms with E-state index in [-0.39, 0.29) is 18.9 Å². The van der Waals surface area contributed by atoms with E-state index in [9.17, 15) is 22.4 Å². The van der Waals surface area contributed by atoms with Crippen LogP contribution in [-0.4, -0.2) is 17.8 Å². The summed E-state index contributed by atoms with van der Waals surface area (Å²) < 4.78 is 52.1. The van der Waals surface area contributed by atoms with Gasteiger partial charge < -0.3 is 4.90 Å². The molecule has 7 heteroatoms. The highest BCUT2D eigenvalue weighted by molar-refractivity contribution is 9.09. The van der Waals surface area contributed by atoms with Crippen LogP contribution in [0.5, 0.6) is 0 Å². The number of alkyl halides is 4. The van der Waals surface area contributed by atoms with Gasteiger partial charge in [-0.15, -0.1) is 0 Å². The fraction of sp³-hybridized carbons (Fsp3) is 0.417. The van der Waals surface area contributed by atoms with E-state index in [1.54, 1.807) is 0 Å². The summed E-state index contributed by atoms with van der Waals surface area (Å²) in [6.07, 6.45) is -4.66. The third kappa shape index (κ3) is 2.75. The first-order valence-electron chi connectivity index (χ1n) is 5.56. The number of hydrogen-bond acceptors (Lipinski definition) is 1. The maximum atomic E-state index is 13.4. The number of halogens is 5. The highest BCUT2D eigenvalue weighted by Gasteiger charge is 2.41. The summed E-state index contributed by atoms with van der Waals surface area (Å²) in [6.45, 7) is 0.163. The molecule has 1 aliphatic heterocycles. The summed E-state index contributed by atoms with van der Waals surface area (Å²) in [6, 6.07) is 3.05. The Morgan fingerprint density at radius 1 is 1.37 bits per heavy atom. The molecule has 1 aromatic carbocycles. The Labute approximate surface area is 115 Å². The minimum Gasteiger partial charge on any atom is -0.311 e. The van der Waals surface area contributed by atoms with E-state index >= 15 is 0 Å². The second-order valence-electron chi connectivity index (χ2n) is 4.36. The van der Waals surface area contributed by atoms with Gasteiger partial charge in [0.15, 0.2) is 0 Å². The first-order valence-corrected chi connectivity index (χ1v) is 6.68. The van der Waals surface area contributed by atoms with E-state index in [2.05, 4.69) is 15.9 Å². The predicted molar refractivity (Wildman–Crippen MR) is 65.7 cm³/mol. The van der Waals surface area contributed by atoms with E-state index in [1.165, 1.54) is 6.07 Å². The summed E-state index contributed by atoms with van der Waals surface area (Å²) in [4.78, 5) is 12.8. The fourth-order valence-corrected chi connectivity index (χ4v) is 2.57. The van der Waals surface area contributed by atoms with Crippen LogP contribution in [0.15, 0.2) is 18.2 Å². The molecule has 0 aliphatic carbocycles. The second kappa shape index (κ2) is 5.11. The van der Waals surface area contributed by atoms with Crippen molar-refractivity contribution < 1.29 is 22.4 Å². The molecule has 0 radical (unpaired) electrons. The lowest BCUT2D eigenvalue weighted by atomic mass is 10.1. The smallest absolute Gasteiger partial charge is 0.311 e. The van der Waals surface area contributed by atoms with Crippen molar-refractivity contribution in [2.45, 2.75) is 12.6 Å². The number of nitrogens with zero attached hydrogens (tertiary/aromatic N) is 1. The van der Waals surface area contributed by atoms with Crippen molar-refractivity contribution in [3.05, 3.63) is 29.6 Å². The van der Waals surface area contributed by atoms with Crippen molar-refractivity contribution in [2.24, 2.45) is 5.92 Å². The first kappa shape index (κ1) is 14.3. The summed E-state index contributed by atoms with van der Waals surface area (Å²) >= 11 is 3.20. The van der Waals surface area contributed by atoms with Gasteiger partial charge in [-0.25, -0.2) is 4.39 Å². The molecule has 1 saturated heterocycles. The molecule has 2 nitrogen and oxygen atoms in total. The van der Waals surface area contributed by atoms with Gasteiger partial charge in [-0.1, -0.05) is 22.0 Å². The molecular formula is C12H10BrF4NO. The standard InChI is InChI=1S/C12H10BrF4NO/c13-5-7-4-10(19)18(6-7)9-3-1-2-8(14)11(9)12(15,16)17/h1-3,7H,4-6H2. The average molecular weight is 340 g/mol. The predicted octanol–water partition coefficient (Wildman–Crippen LogP) is 3.59. The lowest BCUT2D eigenvalue weighted by Gasteiger charge is -2.21. The van der Waals surface area contributed by atoms with Gasteiger partial charge in [0, 0.05) is 18.3 Å². The monoisotopic (exact) mass is 339 g/mol. The maximum absolute atomic E-state index is 13.4. The normalized spacial score (nSPS) is 20.2. The van der Waals surface area contributed by atoms with E-state index < -0.39 is 29.2 Å². The third-order valence-electron chi connectivity index (χ3n) is 2.99. The number of rotatable bonds is 2. The third-order valence-corrected chi connectivity index (χ3v) is 3.90. The zero-order chi connectivity index (χ0) is 14.2. The molecule has 1 fully saturated rings. The molecule has 1 unspecified atom stereocenters. The number of hydrogen-bond donors (Lipinski definition) is 0. The van der Waals surface area contributed by atoms with Crippen LogP contribution >= 0.6 is 15.9 Å². The van der Waals surface area contributed by atoms with Crippen molar-refractivity contribution >= 4 is 27.5 Å². The van der Waals surface area contributed by atoms with E-state index in [0.717, 1.165) is 17.0 Å². The van der Waals surface area contributed by atoms with Crippen molar-refractivity contribution in [1.82, 2.24) is 0 Å². The van der Waals surface area contributed by atoms with Crippen molar-refractivity contribution in [3.8, 4) is 0 Å². The molecule has 1 aromatic rings. The number of carbonyl (C=O) groups is 1. The molecule has 1 amide bonds. The van der Waals surface area contributed by atoms with Crippen molar-refractivity contribution in [1.29, 1.82) is 0 Å². The van der Waals surface area contributed by atoms with Crippen LogP contribution in [0, 0.1) is 11.7 Å². The molecule has 0 N–H and O–H groups in total. The number of carbonyl (C=O) groups excluding carboxylic acids is 1. The molecule has 19 heavy (non-hydrogen) atoms. The van der Waals surface area contributed by atoms with Crippen LogP contribution in [0.1, 0.15) is 12.0 Å². The fourth-order valence-electron chi connectivity index (χ4n) is 2.14. The van der Waals surface area contributed by atoms with Crippen LogP contribution in [0.3, 0.4) is 0 Å². The van der Waals surface area contributed by atoms with Crippen LogP contribution in [0.25, 0.3) is 0 Å². The number of amides is 1. The van der Waals surface area contributed by atoms with Gasteiger partial charge in [-0.2, -0.15) is 13.2 Å². The molecule has 2 rings (SSSR count). The van der Waals surface area contributed by atoms with Gasteiger partial charge >= 0.3 is 6.18 Å². The lowest BCUT2D eigenvalue weighted by molar-refractivity contribution is -0.139. The van der Waals surface area contributed by atoms with Gasteiger partial charge in [-0.3, -0.25) is 4.79 Å². The topological polar surface area (TPSA) is 20.3 Å². The quantitative estimate of drug-likeness (QED) is 0.595. The molecule has 104 valence electrons. The highest BCUT2D eigenvalue weighted by Crippen LogP contribution is 2.40. The molecule has 0 saturated carbocycles. The summed E-state index contributed by atoms with van der Waals surface area (Å²) in [5.41, 5.74) is -1.78. The second-order valence-corrected chi connectivity index (χ2v) is 5.01. The zero-order valence-electron chi connectivity index (χ0n) is 9.68. The molecular weight excluding hydrogens is 330 g/mol. The minimum atomic E-state index is -4.83. The van der Waals surface area contributed by atoms with Crippen LogP contribution in [0.4, 0.5) is 23.2 Å². The Morgan fingerprint density at radius 3 is 2.58 bits per heavy atom. The Bertz CT molecular complexity index is 503. The van der Waals surface area contributed by atoms with Crippen LogP contribution < -0.4 is 4.90 Å². The minimum absolute atomic E-state index is 0.0585.